The topological polar surface area (TPSA) is 28.6 Å². The second-order valence-electron chi connectivity index (χ2n) is 7.64. The molecule has 0 spiro atoms. The molecule has 1 aromatic heterocycles. The van der Waals surface area contributed by atoms with Crippen LogP contribution in [0, 0.1) is 0 Å². The van der Waals surface area contributed by atoms with Gasteiger partial charge < -0.3 is 4.74 Å². The molecule has 3 heterocycles. The number of nitrogens with zero attached hydrogens (tertiary/aromatic N) is 3. The third kappa shape index (κ3) is 4.25. The second-order valence-corrected chi connectivity index (χ2v) is 7.64. The summed E-state index contributed by atoms with van der Waals surface area (Å²) >= 11 is 0. The maximum atomic E-state index is 5.63. The van der Waals surface area contributed by atoms with Gasteiger partial charge in [0.05, 0.1) is 12.3 Å². The number of fused-ring (bicyclic) bond motifs is 1. The molecule has 0 aliphatic carbocycles. The van der Waals surface area contributed by atoms with Crippen molar-refractivity contribution in [2.75, 3.05) is 26.7 Å². The Labute approximate surface area is 156 Å². The Bertz CT molecular complexity index is 719. The molecular weight excluding hydrogens is 322 g/mol. The van der Waals surface area contributed by atoms with Crippen molar-refractivity contribution in [3.63, 3.8) is 0 Å². The zero-order chi connectivity index (χ0) is 17.8. The van der Waals surface area contributed by atoms with Crippen LogP contribution < -0.4 is 4.74 Å². The smallest absolute Gasteiger partial charge is 0.122 e. The molecule has 0 N–H and O–H groups in total. The van der Waals surface area contributed by atoms with E-state index >= 15 is 0 Å². The van der Waals surface area contributed by atoms with Crippen molar-refractivity contribution in [1.82, 2.24) is 14.8 Å². The van der Waals surface area contributed by atoms with Crippen molar-refractivity contribution in [2.45, 2.75) is 44.8 Å². The van der Waals surface area contributed by atoms with Gasteiger partial charge in [-0.15, -0.1) is 0 Å². The van der Waals surface area contributed by atoms with E-state index < -0.39 is 0 Å². The SMILES string of the molecule is CN(Cc1ccccn1)C1CCCN(Cc2ccc3c(c2)CCO3)CC1. The summed E-state index contributed by atoms with van der Waals surface area (Å²) in [5.41, 5.74) is 3.97. The van der Waals surface area contributed by atoms with Crippen molar-refractivity contribution in [3.05, 3.63) is 59.4 Å². The third-order valence-corrected chi connectivity index (χ3v) is 5.71. The molecule has 1 atom stereocenters. The Balaban J connectivity index is 1.31. The molecule has 1 unspecified atom stereocenters. The molecule has 138 valence electrons. The van der Waals surface area contributed by atoms with Gasteiger partial charge in [0, 0.05) is 31.7 Å². The van der Waals surface area contributed by atoms with E-state index in [2.05, 4.69) is 52.2 Å². The quantitative estimate of drug-likeness (QED) is 0.824. The Morgan fingerprint density at radius 3 is 3.04 bits per heavy atom. The van der Waals surface area contributed by atoms with E-state index in [9.17, 15) is 0 Å². The van der Waals surface area contributed by atoms with Gasteiger partial charge in [-0.05, 0) is 68.7 Å². The van der Waals surface area contributed by atoms with E-state index in [0.717, 1.165) is 37.6 Å². The van der Waals surface area contributed by atoms with E-state index in [1.165, 1.54) is 43.5 Å². The first kappa shape index (κ1) is 17.5. The summed E-state index contributed by atoms with van der Waals surface area (Å²) in [6.07, 6.45) is 6.73. The molecule has 2 aliphatic heterocycles. The Morgan fingerprint density at radius 2 is 2.15 bits per heavy atom. The first-order valence-electron chi connectivity index (χ1n) is 9.85. The molecule has 0 amide bonds. The lowest BCUT2D eigenvalue weighted by Gasteiger charge is -2.27. The van der Waals surface area contributed by atoms with Gasteiger partial charge in [0.1, 0.15) is 5.75 Å². The molecule has 0 bridgehead atoms. The normalized spacial score (nSPS) is 20.6. The number of hydrogen-bond donors (Lipinski definition) is 0. The van der Waals surface area contributed by atoms with Crippen LogP contribution in [-0.2, 0) is 19.5 Å². The molecule has 0 radical (unpaired) electrons. The van der Waals surface area contributed by atoms with Crippen molar-refractivity contribution >= 4 is 0 Å². The number of aromatic nitrogens is 1. The minimum atomic E-state index is 0.649. The summed E-state index contributed by atoms with van der Waals surface area (Å²) in [6, 6.07) is 13.6. The molecule has 0 saturated carbocycles. The van der Waals surface area contributed by atoms with Crippen molar-refractivity contribution in [2.24, 2.45) is 0 Å². The van der Waals surface area contributed by atoms with E-state index in [-0.39, 0.29) is 0 Å². The first-order chi connectivity index (χ1) is 12.8. The zero-order valence-corrected chi connectivity index (χ0v) is 15.7. The van der Waals surface area contributed by atoms with Gasteiger partial charge in [0.2, 0.25) is 0 Å². The Kier molecular flexibility index (Phi) is 5.51. The average Bonchev–Trinajstić information content (AvgIpc) is 3.00. The average molecular weight is 351 g/mol. The van der Waals surface area contributed by atoms with Gasteiger partial charge in [-0.2, -0.15) is 0 Å². The number of hydrogen-bond acceptors (Lipinski definition) is 4. The van der Waals surface area contributed by atoms with Crippen LogP contribution in [0.4, 0.5) is 0 Å². The lowest BCUT2D eigenvalue weighted by molar-refractivity contribution is 0.204. The molecule has 1 fully saturated rings. The van der Waals surface area contributed by atoms with Crippen molar-refractivity contribution in [1.29, 1.82) is 0 Å². The van der Waals surface area contributed by atoms with Crippen LogP contribution in [0.25, 0.3) is 0 Å². The first-order valence-corrected chi connectivity index (χ1v) is 9.85. The minimum absolute atomic E-state index is 0.649. The van der Waals surface area contributed by atoms with Crippen molar-refractivity contribution < 1.29 is 4.74 Å². The maximum absolute atomic E-state index is 5.63. The molecule has 1 aromatic carbocycles. The second kappa shape index (κ2) is 8.19. The van der Waals surface area contributed by atoms with Crippen LogP contribution in [-0.4, -0.2) is 47.6 Å². The molecule has 2 aromatic rings. The van der Waals surface area contributed by atoms with Gasteiger partial charge >= 0.3 is 0 Å². The predicted octanol–water partition coefficient (Wildman–Crippen LogP) is 3.50. The highest BCUT2D eigenvalue weighted by Gasteiger charge is 2.21. The van der Waals surface area contributed by atoms with Gasteiger partial charge in [-0.1, -0.05) is 18.2 Å². The Morgan fingerprint density at radius 1 is 1.19 bits per heavy atom. The molecule has 4 nitrogen and oxygen atoms in total. The highest BCUT2D eigenvalue weighted by atomic mass is 16.5. The van der Waals surface area contributed by atoms with E-state index in [0.29, 0.717) is 6.04 Å². The van der Waals surface area contributed by atoms with Crippen molar-refractivity contribution in [3.8, 4) is 5.75 Å². The third-order valence-electron chi connectivity index (χ3n) is 5.71. The molecular formula is C22H29N3O. The maximum Gasteiger partial charge on any atom is 0.122 e. The summed E-state index contributed by atoms with van der Waals surface area (Å²) < 4.78 is 5.63. The molecule has 4 rings (SSSR count). The molecule has 1 saturated heterocycles. The van der Waals surface area contributed by atoms with Crippen LogP contribution in [0.3, 0.4) is 0 Å². The van der Waals surface area contributed by atoms with E-state index in [1.807, 2.05) is 12.3 Å². The standard InChI is InChI=1S/C22H29N3O/c1-24(17-20-5-2-3-11-23-20)21-6-4-12-25(13-9-21)16-18-7-8-22-19(15-18)10-14-26-22/h2-3,5,7-8,11,15,21H,4,6,9-10,12-14,16-17H2,1H3. The predicted molar refractivity (Wildman–Crippen MR) is 104 cm³/mol. The van der Waals surface area contributed by atoms with Crippen LogP contribution in [0.5, 0.6) is 5.75 Å². The fourth-order valence-corrected chi connectivity index (χ4v) is 4.21. The van der Waals surface area contributed by atoms with Gasteiger partial charge in [-0.25, -0.2) is 0 Å². The minimum Gasteiger partial charge on any atom is -0.493 e. The molecule has 4 heteroatoms. The number of rotatable bonds is 5. The van der Waals surface area contributed by atoms with Crippen LogP contribution >= 0.6 is 0 Å². The van der Waals surface area contributed by atoms with E-state index in [1.54, 1.807) is 0 Å². The number of pyridine rings is 1. The number of ether oxygens (including phenoxy) is 1. The number of likely N-dealkylation sites (tertiary alicyclic amines) is 1. The summed E-state index contributed by atoms with van der Waals surface area (Å²) in [6.45, 7) is 5.21. The molecule has 26 heavy (non-hydrogen) atoms. The summed E-state index contributed by atoms with van der Waals surface area (Å²) in [5, 5.41) is 0. The fraction of sp³-hybridized carbons (Fsp3) is 0.500. The zero-order valence-electron chi connectivity index (χ0n) is 15.7. The van der Waals surface area contributed by atoms with Crippen LogP contribution in [0.2, 0.25) is 0 Å². The Hall–Kier alpha value is -1.91. The highest BCUT2D eigenvalue weighted by Crippen LogP contribution is 2.27. The lowest BCUT2D eigenvalue weighted by Crippen LogP contribution is -2.32. The monoisotopic (exact) mass is 351 g/mol. The van der Waals surface area contributed by atoms with Gasteiger partial charge in [-0.3, -0.25) is 14.8 Å². The lowest BCUT2D eigenvalue weighted by atomic mass is 10.1. The fourth-order valence-electron chi connectivity index (χ4n) is 4.21. The van der Waals surface area contributed by atoms with Gasteiger partial charge in [0.25, 0.3) is 0 Å². The highest BCUT2D eigenvalue weighted by molar-refractivity contribution is 5.39. The van der Waals surface area contributed by atoms with Gasteiger partial charge in [0.15, 0.2) is 0 Å². The largest absolute Gasteiger partial charge is 0.493 e. The summed E-state index contributed by atoms with van der Waals surface area (Å²) in [4.78, 5) is 9.58. The summed E-state index contributed by atoms with van der Waals surface area (Å²) in [7, 11) is 2.25. The van der Waals surface area contributed by atoms with E-state index in [4.69, 9.17) is 4.74 Å². The van der Waals surface area contributed by atoms with Crippen LogP contribution in [0.15, 0.2) is 42.6 Å². The molecule has 2 aliphatic rings. The number of benzene rings is 1. The summed E-state index contributed by atoms with van der Waals surface area (Å²) in [5.74, 6) is 1.08. The van der Waals surface area contributed by atoms with Crippen LogP contribution in [0.1, 0.15) is 36.1 Å².